The maximum absolute atomic E-state index is 6.55. The van der Waals surface area contributed by atoms with Gasteiger partial charge < -0.3 is 9.32 Å². The lowest BCUT2D eigenvalue weighted by Crippen LogP contribution is -2.15. The van der Waals surface area contributed by atoms with Crippen molar-refractivity contribution in [3.63, 3.8) is 0 Å². The summed E-state index contributed by atoms with van der Waals surface area (Å²) in [7, 11) is 0. The van der Waals surface area contributed by atoms with Gasteiger partial charge in [0.1, 0.15) is 11.2 Å². The molecule has 2 aliphatic carbocycles. The Morgan fingerprint density at radius 1 is 0.484 bits per heavy atom. The lowest BCUT2D eigenvalue weighted by molar-refractivity contribution is 0.619. The second-order valence-corrected chi connectivity index (χ2v) is 17.7. The highest BCUT2D eigenvalue weighted by Crippen LogP contribution is 2.50. The van der Waals surface area contributed by atoms with E-state index in [9.17, 15) is 0 Å². The zero-order chi connectivity index (χ0) is 41.5. The van der Waals surface area contributed by atoms with Gasteiger partial charge in [-0.25, -0.2) is 0 Å². The lowest BCUT2D eigenvalue weighted by Gasteiger charge is -2.30. The Labute approximate surface area is 363 Å². The first-order chi connectivity index (χ1) is 30.4. The SMILES string of the molecule is CC1C=Cc2c(ccc3ccccc23)C1c1ccc(N(c2cccc(-c3ccc4c(c3)-c3ccccc3C4(C)C)c2)c2cccc(-c3cccc4c3oc3ccccc34)c2)cc1. The molecule has 0 saturated carbocycles. The predicted octanol–water partition coefficient (Wildman–Crippen LogP) is 16.6. The van der Waals surface area contributed by atoms with Crippen LogP contribution < -0.4 is 4.90 Å². The molecule has 0 radical (unpaired) electrons. The Kier molecular flexibility index (Phi) is 8.27. The highest BCUT2D eigenvalue weighted by atomic mass is 16.3. The van der Waals surface area contributed by atoms with E-state index in [1.165, 1.54) is 60.8 Å². The van der Waals surface area contributed by atoms with E-state index >= 15 is 0 Å². The molecule has 0 bridgehead atoms. The topological polar surface area (TPSA) is 16.4 Å². The van der Waals surface area contributed by atoms with Crippen molar-refractivity contribution in [2.45, 2.75) is 32.1 Å². The number of benzene rings is 9. The Morgan fingerprint density at radius 2 is 1.15 bits per heavy atom. The largest absolute Gasteiger partial charge is 0.455 e. The third-order valence-electron chi connectivity index (χ3n) is 13.8. The standard InChI is InChI=1S/C60H45NO/c1-38-25-32-49-47-18-5-4-13-39(47)28-33-52(49)58(38)40-26-30-44(31-27-40)61(46-17-11-15-43(36-46)48-21-12-22-53-51-20-7-9-24-57(51)62-59(48)53)45-16-10-14-41(35-45)42-29-34-56-54(37-42)50-19-6-8-23-55(50)60(56,2)3/h4-38,58H,1-3H3. The number of rotatable bonds is 6. The number of nitrogens with zero attached hydrogens (tertiary/aromatic N) is 1. The molecule has 62 heavy (non-hydrogen) atoms. The summed E-state index contributed by atoms with van der Waals surface area (Å²) in [6.07, 6.45) is 4.72. The van der Waals surface area contributed by atoms with Crippen LogP contribution in [0.5, 0.6) is 0 Å². The van der Waals surface area contributed by atoms with Crippen LogP contribution in [0.3, 0.4) is 0 Å². The van der Waals surface area contributed by atoms with Gasteiger partial charge in [-0.3, -0.25) is 0 Å². The van der Waals surface area contributed by atoms with Gasteiger partial charge in [0, 0.05) is 44.7 Å². The quantitative estimate of drug-likeness (QED) is 0.167. The molecule has 1 heterocycles. The molecule has 10 aromatic rings. The van der Waals surface area contributed by atoms with Crippen molar-refractivity contribution in [3.05, 3.63) is 228 Å². The van der Waals surface area contributed by atoms with Gasteiger partial charge in [0.05, 0.1) is 0 Å². The molecule has 2 heteroatoms. The predicted molar refractivity (Wildman–Crippen MR) is 261 cm³/mol. The first-order valence-corrected chi connectivity index (χ1v) is 21.9. The molecule has 2 atom stereocenters. The van der Waals surface area contributed by atoms with Crippen molar-refractivity contribution in [2.75, 3.05) is 4.90 Å². The maximum atomic E-state index is 6.55. The van der Waals surface area contributed by atoms with Crippen LogP contribution in [0.25, 0.3) is 72.2 Å². The van der Waals surface area contributed by atoms with Crippen molar-refractivity contribution in [1.29, 1.82) is 0 Å². The van der Waals surface area contributed by atoms with Crippen molar-refractivity contribution < 1.29 is 4.42 Å². The van der Waals surface area contributed by atoms with E-state index in [0.717, 1.165) is 50.1 Å². The molecule has 0 saturated heterocycles. The minimum Gasteiger partial charge on any atom is -0.455 e. The van der Waals surface area contributed by atoms with Gasteiger partial charge in [-0.2, -0.15) is 0 Å². The second kappa shape index (κ2) is 14.1. The van der Waals surface area contributed by atoms with Gasteiger partial charge in [0.2, 0.25) is 0 Å². The average Bonchev–Trinajstić information content (AvgIpc) is 3.81. The van der Waals surface area contributed by atoms with Crippen molar-refractivity contribution in [1.82, 2.24) is 0 Å². The molecule has 0 N–H and O–H groups in total. The summed E-state index contributed by atoms with van der Waals surface area (Å²) in [5, 5.41) is 4.86. The first-order valence-electron chi connectivity index (χ1n) is 21.9. The molecule has 2 unspecified atom stereocenters. The molecule has 2 aliphatic rings. The first kappa shape index (κ1) is 36.4. The molecular formula is C60H45NO. The molecule has 0 spiro atoms. The molecule has 1 aromatic heterocycles. The van der Waals surface area contributed by atoms with E-state index in [1.807, 2.05) is 6.07 Å². The third-order valence-corrected chi connectivity index (χ3v) is 13.8. The number of hydrogen-bond donors (Lipinski definition) is 0. The normalized spacial score (nSPS) is 16.0. The highest BCUT2D eigenvalue weighted by molar-refractivity contribution is 6.09. The van der Waals surface area contributed by atoms with Gasteiger partial charge in [0.25, 0.3) is 0 Å². The Morgan fingerprint density at radius 3 is 2.00 bits per heavy atom. The molecule has 2 nitrogen and oxygen atoms in total. The average molecular weight is 796 g/mol. The minimum absolute atomic E-state index is 0.0332. The number of anilines is 3. The Balaban J connectivity index is 0.986. The monoisotopic (exact) mass is 795 g/mol. The Bertz CT molecular complexity index is 3420. The van der Waals surface area contributed by atoms with Gasteiger partial charge in [-0.1, -0.05) is 179 Å². The summed E-state index contributed by atoms with van der Waals surface area (Å²) >= 11 is 0. The zero-order valence-corrected chi connectivity index (χ0v) is 35.1. The number of para-hydroxylation sites is 2. The smallest absolute Gasteiger partial charge is 0.143 e. The van der Waals surface area contributed by atoms with Crippen LogP contribution in [0.2, 0.25) is 0 Å². The molecule has 0 amide bonds. The molecule has 0 fully saturated rings. The molecule has 0 aliphatic heterocycles. The van der Waals surface area contributed by atoms with E-state index in [2.05, 4.69) is 226 Å². The summed E-state index contributed by atoms with van der Waals surface area (Å²) in [5.41, 5.74) is 19.1. The summed E-state index contributed by atoms with van der Waals surface area (Å²) in [5.74, 6) is 0.623. The number of allylic oxidation sites excluding steroid dienone is 1. The lowest BCUT2D eigenvalue weighted by atomic mass is 9.75. The van der Waals surface area contributed by atoms with Crippen LogP contribution in [-0.2, 0) is 5.41 Å². The van der Waals surface area contributed by atoms with Crippen LogP contribution in [0, 0.1) is 5.92 Å². The fourth-order valence-corrected chi connectivity index (χ4v) is 10.7. The maximum Gasteiger partial charge on any atom is 0.143 e. The number of furan rings is 1. The Hall–Kier alpha value is -7.42. The van der Waals surface area contributed by atoms with Crippen LogP contribution in [0.1, 0.15) is 54.5 Å². The fraction of sp³-hybridized carbons (Fsp3) is 0.100. The fourth-order valence-electron chi connectivity index (χ4n) is 10.7. The third kappa shape index (κ3) is 5.71. The van der Waals surface area contributed by atoms with E-state index in [4.69, 9.17) is 4.42 Å². The molecule has 9 aromatic carbocycles. The van der Waals surface area contributed by atoms with Crippen LogP contribution >= 0.6 is 0 Å². The highest BCUT2D eigenvalue weighted by Gasteiger charge is 2.35. The van der Waals surface area contributed by atoms with E-state index in [0.29, 0.717) is 5.92 Å². The molecule has 12 rings (SSSR count). The van der Waals surface area contributed by atoms with Crippen LogP contribution in [-0.4, -0.2) is 0 Å². The molecule has 296 valence electrons. The van der Waals surface area contributed by atoms with E-state index in [1.54, 1.807) is 0 Å². The van der Waals surface area contributed by atoms with Gasteiger partial charge in [0.15, 0.2) is 0 Å². The summed E-state index contributed by atoms with van der Waals surface area (Å²) in [6.45, 7) is 7.03. The van der Waals surface area contributed by atoms with Crippen molar-refractivity contribution >= 4 is 55.8 Å². The van der Waals surface area contributed by atoms with Crippen molar-refractivity contribution in [2.24, 2.45) is 5.92 Å². The number of hydrogen-bond acceptors (Lipinski definition) is 2. The summed E-state index contributed by atoms with van der Waals surface area (Å²) in [4.78, 5) is 2.41. The summed E-state index contributed by atoms with van der Waals surface area (Å²) < 4.78 is 6.55. The van der Waals surface area contributed by atoms with Crippen molar-refractivity contribution in [3.8, 4) is 33.4 Å². The molecular weight excluding hydrogens is 751 g/mol. The zero-order valence-electron chi connectivity index (χ0n) is 35.1. The van der Waals surface area contributed by atoms with E-state index < -0.39 is 0 Å². The van der Waals surface area contributed by atoms with Crippen LogP contribution in [0.4, 0.5) is 17.1 Å². The van der Waals surface area contributed by atoms with Gasteiger partial charge >= 0.3 is 0 Å². The second-order valence-electron chi connectivity index (χ2n) is 17.7. The van der Waals surface area contributed by atoms with Gasteiger partial charge in [-0.15, -0.1) is 0 Å². The van der Waals surface area contributed by atoms with Gasteiger partial charge in [-0.05, 0) is 121 Å². The van der Waals surface area contributed by atoms with E-state index in [-0.39, 0.29) is 11.3 Å². The van der Waals surface area contributed by atoms with Crippen LogP contribution in [0.15, 0.2) is 205 Å². The number of fused-ring (bicyclic) bond motifs is 9. The summed E-state index contributed by atoms with van der Waals surface area (Å²) in [6, 6.07) is 71.4. The minimum atomic E-state index is -0.0332.